The second-order valence-corrected chi connectivity index (χ2v) is 3.40. The predicted octanol–water partition coefficient (Wildman–Crippen LogP) is 0.181. The summed E-state index contributed by atoms with van der Waals surface area (Å²) in [5.74, 6) is 0.0106. The molecule has 0 atom stereocenters. The molecule has 0 aliphatic heterocycles. The molecule has 0 fully saturated rings. The standard InChI is InChI=1S/C10H15N3O2/c1-3-6-13(2)10(15)7-8-4-5-9(14)12-11-8/h4-5H,3,6-7H2,1-2H3,(H,12,14). The highest BCUT2D eigenvalue weighted by atomic mass is 16.2. The molecule has 1 N–H and O–H groups in total. The van der Waals surface area contributed by atoms with Gasteiger partial charge in [0.2, 0.25) is 5.91 Å². The van der Waals surface area contributed by atoms with Gasteiger partial charge in [0.25, 0.3) is 5.56 Å². The van der Waals surface area contributed by atoms with Crippen molar-refractivity contribution in [2.45, 2.75) is 19.8 Å². The third-order valence-corrected chi connectivity index (χ3v) is 2.05. The molecule has 0 spiro atoms. The average molecular weight is 209 g/mol. The number of carbonyl (C=O) groups is 1. The van der Waals surface area contributed by atoms with Crippen LogP contribution >= 0.6 is 0 Å². The lowest BCUT2D eigenvalue weighted by Crippen LogP contribution is -2.29. The molecule has 82 valence electrons. The predicted molar refractivity (Wildman–Crippen MR) is 56.5 cm³/mol. The number of rotatable bonds is 4. The quantitative estimate of drug-likeness (QED) is 0.769. The minimum absolute atomic E-state index is 0.0106. The van der Waals surface area contributed by atoms with Crippen LogP contribution in [-0.4, -0.2) is 34.6 Å². The molecule has 0 radical (unpaired) electrons. The van der Waals surface area contributed by atoms with E-state index < -0.39 is 0 Å². The van der Waals surface area contributed by atoms with Crippen molar-refractivity contribution < 1.29 is 4.79 Å². The van der Waals surface area contributed by atoms with Crippen LogP contribution in [0.5, 0.6) is 0 Å². The zero-order valence-electron chi connectivity index (χ0n) is 8.99. The van der Waals surface area contributed by atoms with E-state index in [0.29, 0.717) is 5.69 Å². The van der Waals surface area contributed by atoms with Gasteiger partial charge < -0.3 is 4.90 Å². The third-order valence-electron chi connectivity index (χ3n) is 2.05. The van der Waals surface area contributed by atoms with Gasteiger partial charge in [-0.3, -0.25) is 9.59 Å². The zero-order valence-corrected chi connectivity index (χ0v) is 8.99. The lowest BCUT2D eigenvalue weighted by Gasteiger charge is -2.15. The molecule has 0 unspecified atom stereocenters. The van der Waals surface area contributed by atoms with Crippen molar-refractivity contribution >= 4 is 5.91 Å². The number of hydrogen-bond donors (Lipinski definition) is 1. The van der Waals surface area contributed by atoms with E-state index in [1.165, 1.54) is 6.07 Å². The number of nitrogens with one attached hydrogen (secondary N) is 1. The number of hydrogen-bond acceptors (Lipinski definition) is 3. The Hall–Kier alpha value is -1.65. The fourth-order valence-corrected chi connectivity index (χ4v) is 1.22. The summed E-state index contributed by atoms with van der Waals surface area (Å²) in [5, 5.41) is 6.08. The van der Waals surface area contributed by atoms with Crippen molar-refractivity contribution in [1.82, 2.24) is 15.1 Å². The first kappa shape index (κ1) is 11.4. The number of nitrogens with zero attached hydrogens (tertiary/aromatic N) is 2. The van der Waals surface area contributed by atoms with E-state index in [0.717, 1.165) is 13.0 Å². The first-order valence-corrected chi connectivity index (χ1v) is 4.92. The Morgan fingerprint density at radius 1 is 1.53 bits per heavy atom. The molecule has 0 saturated heterocycles. The summed E-state index contributed by atoms with van der Waals surface area (Å²) in [5.41, 5.74) is 0.329. The van der Waals surface area contributed by atoms with Crippen LogP contribution in [0.3, 0.4) is 0 Å². The number of carbonyl (C=O) groups excluding carboxylic acids is 1. The topological polar surface area (TPSA) is 66.1 Å². The van der Waals surface area contributed by atoms with E-state index in [4.69, 9.17) is 0 Å². The largest absolute Gasteiger partial charge is 0.345 e. The molecule has 0 aliphatic carbocycles. The first-order valence-electron chi connectivity index (χ1n) is 4.92. The minimum atomic E-state index is -0.256. The zero-order chi connectivity index (χ0) is 11.3. The van der Waals surface area contributed by atoms with Crippen molar-refractivity contribution in [3.05, 3.63) is 28.2 Å². The maximum absolute atomic E-state index is 11.6. The smallest absolute Gasteiger partial charge is 0.264 e. The van der Waals surface area contributed by atoms with Crippen LogP contribution in [0.4, 0.5) is 0 Å². The molecule has 0 aromatic carbocycles. The average Bonchev–Trinajstić information content (AvgIpc) is 2.22. The highest BCUT2D eigenvalue weighted by Crippen LogP contribution is 1.96. The van der Waals surface area contributed by atoms with Crippen molar-refractivity contribution in [3.63, 3.8) is 0 Å². The van der Waals surface area contributed by atoms with Crippen LogP contribution in [0.2, 0.25) is 0 Å². The van der Waals surface area contributed by atoms with E-state index in [-0.39, 0.29) is 17.9 Å². The fraction of sp³-hybridized carbons (Fsp3) is 0.500. The highest BCUT2D eigenvalue weighted by Gasteiger charge is 2.09. The number of H-pyrrole nitrogens is 1. The molecule has 15 heavy (non-hydrogen) atoms. The number of aromatic amines is 1. The second-order valence-electron chi connectivity index (χ2n) is 3.40. The van der Waals surface area contributed by atoms with E-state index in [1.807, 2.05) is 6.92 Å². The van der Waals surface area contributed by atoms with Crippen molar-refractivity contribution in [2.24, 2.45) is 0 Å². The molecule has 5 heteroatoms. The maximum Gasteiger partial charge on any atom is 0.264 e. The molecule has 1 amide bonds. The van der Waals surface area contributed by atoms with Crippen molar-refractivity contribution in [3.8, 4) is 0 Å². The Morgan fingerprint density at radius 2 is 2.27 bits per heavy atom. The Kier molecular flexibility index (Phi) is 4.03. The normalized spacial score (nSPS) is 10.0. The molecule has 1 aromatic rings. The molecular weight excluding hydrogens is 194 g/mol. The monoisotopic (exact) mass is 209 g/mol. The van der Waals surface area contributed by atoms with Gasteiger partial charge in [0.1, 0.15) is 0 Å². The van der Waals surface area contributed by atoms with Crippen LogP contribution in [0.25, 0.3) is 0 Å². The first-order chi connectivity index (χ1) is 7.13. The molecule has 0 saturated carbocycles. The van der Waals surface area contributed by atoms with Crippen molar-refractivity contribution in [1.29, 1.82) is 0 Å². The van der Waals surface area contributed by atoms with Crippen LogP contribution in [0, 0.1) is 0 Å². The minimum Gasteiger partial charge on any atom is -0.345 e. The summed E-state index contributed by atoms with van der Waals surface area (Å²) < 4.78 is 0. The highest BCUT2D eigenvalue weighted by molar-refractivity contribution is 5.77. The van der Waals surface area contributed by atoms with E-state index >= 15 is 0 Å². The second kappa shape index (κ2) is 5.29. The van der Waals surface area contributed by atoms with Crippen LogP contribution in [0.1, 0.15) is 19.0 Å². The maximum atomic E-state index is 11.6. The van der Waals surface area contributed by atoms with Gasteiger partial charge in [-0.05, 0) is 12.5 Å². The third kappa shape index (κ3) is 3.53. The molecule has 1 aromatic heterocycles. The Bertz CT molecular complexity index is 366. The van der Waals surface area contributed by atoms with E-state index in [9.17, 15) is 9.59 Å². The molecule has 1 heterocycles. The lowest BCUT2D eigenvalue weighted by atomic mass is 10.2. The summed E-state index contributed by atoms with van der Waals surface area (Å²) in [4.78, 5) is 24.0. The number of aromatic nitrogens is 2. The molecule has 1 rings (SSSR count). The van der Waals surface area contributed by atoms with Gasteiger partial charge in [0, 0.05) is 19.7 Å². The van der Waals surface area contributed by atoms with Gasteiger partial charge in [0.15, 0.2) is 0 Å². The van der Waals surface area contributed by atoms with Gasteiger partial charge in [-0.25, -0.2) is 5.10 Å². The van der Waals surface area contributed by atoms with Crippen molar-refractivity contribution in [2.75, 3.05) is 13.6 Å². The van der Waals surface area contributed by atoms with E-state index in [2.05, 4.69) is 10.2 Å². The molecular formula is C10H15N3O2. The summed E-state index contributed by atoms with van der Waals surface area (Å²) in [6.07, 6.45) is 1.16. The summed E-state index contributed by atoms with van der Waals surface area (Å²) in [6, 6.07) is 2.94. The summed E-state index contributed by atoms with van der Waals surface area (Å²) >= 11 is 0. The van der Waals surface area contributed by atoms with Gasteiger partial charge in [-0.2, -0.15) is 5.10 Å². The van der Waals surface area contributed by atoms with E-state index in [1.54, 1.807) is 18.0 Å². The van der Waals surface area contributed by atoms with Gasteiger partial charge in [-0.15, -0.1) is 0 Å². The van der Waals surface area contributed by atoms with Crippen LogP contribution < -0.4 is 5.56 Å². The van der Waals surface area contributed by atoms with Crippen LogP contribution in [0.15, 0.2) is 16.9 Å². The molecule has 0 aliphatic rings. The van der Waals surface area contributed by atoms with Gasteiger partial charge in [-0.1, -0.05) is 6.92 Å². The molecule has 5 nitrogen and oxygen atoms in total. The Morgan fingerprint density at radius 3 is 2.80 bits per heavy atom. The van der Waals surface area contributed by atoms with Crippen LogP contribution in [-0.2, 0) is 11.2 Å². The lowest BCUT2D eigenvalue weighted by molar-refractivity contribution is -0.129. The Labute approximate surface area is 88.1 Å². The van der Waals surface area contributed by atoms with Gasteiger partial charge >= 0.3 is 0 Å². The molecule has 0 bridgehead atoms. The number of likely N-dealkylation sites (N-methyl/N-ethyl adjacent to an activating group) is 1. The Balaban J connectivity index is 2.58. The SMILES string of the molecule is CCCN(C)C(=O)Cc1ccc(=O)[nH]n1. The number of amides is 1. The summed E-state index contributed by atoms with van der Waals surface area (Å²) in [7, 11) is 1.76. The fourth-order valence-electron chi connectivity index (χ4n) is 1.22. The summed E-state index contributed by atoms with van der Waals surface area (Å²) in [6.45, 7) is 2.75. The van der Waals surface area contributed by atoms with Gasteiger partial charge in [0.05, 0.1) is 12.1 Å².